The lowest BCUT2D eigenvalue weighted by atomic mass is 10.2. The number of fused-ring (bicyclic) bond motifs is 1. The molecule has 0 saturated carbocycles. The Morgan fingerprint density at radius 3 is 2.49 bits per heavy atom. The first-order chi connectivity index (χ1) is 17.6. The molecule has 0 fully saturated rings. The van der Waals surface area contributed by atoms with Crippen LogP contribution in [0.5, 0.6) is 11.5 Å². The maximum atomic E-state index is 13.2. The minimum Gasteiger partial charge on any atom is -0.456 e. The number of halogens is 4. The molecule has 0 atom stereocenters. The van der Waals surface area contributed by atoms with Gasteiger partial charge in [0.1, 0.15) is 28.8 Å². The predicted octanol–water partition coefficient (Wildman–Crippen LogP) is 6.64. The maximum Gasteiger partial charge on any atom is 0.433 e. The molecule has 0 aliphatic heterocycles. The van der Waals surface area contributed by atoms with Gasteiger partial charge in [0.05, 0.1) is 15.4 Å². The van der Waals surface area contributed by atoms with Gasteiger partial charge >= 0.3 is 6.18 Å². The van der Waals surface area contributed by atoms with Crippen molar-refractivity contribution in [3.63, 3.8) is 0 Å². The quantitative estimate of drug-likeness (QED) is 0.191. The van der Waals surface area contributed by atoms with Crippen LogP contribution in [0, 0.1) is 11.3 Å². The van der Waals surface area contributed by atoms with E-state index in [1.807, 2.05) is 6.07 Å². The molecule has 1 heterocycles. The molecule has 190 valence electrons. The molecule has 0 spiro atoms. The van der Waals surface area contributed by atoms with E-state index in [9.17, 15) is 26.9 Å². The van der Waals surface area contributed by atoms with Crippen molar-refractivity contribution in [1.29, 1.82) is 5.26 Å². The van der Waals surface area contributed by atoms with Crippen LogP contribution in [-0.4, -0.2) is 25.7 Å². The molecular formula is C25H17ClF3N3O3S2. The van der Waals surface area contributed by atoms with E-state index in [1.165, 1.54) is 30.3 Å². The minimum absolute atomic E-state index is 0.0166. The van der Waals surface area contributed by atoms with Gasteiger partial charge in [-0.2, -0.15) is 18.4 Å². The molecule has 0 bridgehead atoms. The summed E-state index contributed by atoms with van der Waals surface area (Å²) in [5.74, 6) is 0.730. The molecular weight excluding hydrogens is 547 g/mol. The fraction of sp³-hybridized carbons (Fsp3) is 0.120. The van der Waals surface area contributed by atoms with Gasteiger partial charge in [0.25, 0.3) is 0 Å². The van der Waals surface area contributed by atoms with Gasteiger partial charge in [-0.25, -0.2) is 18.1 Å². The first-order valence-electron chi connectivity index (χ1n) is 10.6. The van der Waals surface area contributed by atoms with Crippen LogP contribution in [0.15, 0.2) is 82.6 Å². The zero-order valence-electron chi connectivity index (χ0n) is 18.8. The van der Waals surface area contributed by atoms with Crippen molar-refractivity contribution in [2.45, 2.75) is 16.0 Å². The number of benzene rings is 3. The van der Waals surface area contributed by atoms with E-state index >= 15 is 0 Å². The van der Waals surface area contributed by atoms with E-state index in [2.05, 4.69) is 9.71 Å². The fourth-order valence-electron chi connectivity index (χ4n) is 3.34. The van der Waals surface area contributed by atoms with Gasteiger partial charge in [-0.15, -0.1) is 11.8 Å². The predicted molar refractivity (Wildman–Crippen MR) is 135 cm³/mol. The topological polar surface area (TPSA) is 92.1 Å². The van der Waals surface area contributed by atoms with Crippen molar-refractivity contribution >= 4 is 44.3 Å². The Morgan fingerprint density at radius 2 is 1.78 bits per heavy atom. The Balaban J connectivity index is 1.41. The zero-order chi connectivity index (χ0) is 26.6. The van der Waals surface area contributed by atoms with Crippen LogP contribution in [0.1, 0.15) is 11.3 Å². The van der Waals surface area contributed by atoms with Crippen molar-refractivity contribution in [3.8, 4) is 17.6 Å². The second kappa shape index (κ2) is 11.0. The standard InChI is InChI=1S/C25H17ClF3N3O3S2/c26-20-5-3-7-22(19(20)15-30)35-16-8-10-17(11-9-16)37(33,34)31-12-13-36-23-14-24(25(27,28)29)32-21-6-2-1-4-18(21)23/h1-11,14,31H,12-13H2. The second-order valence-electron chi connectivity index (χ2n) is 7.57. The zero-order valence-corrected chi connectivity index (χ0v) is 21.2. The number of ether oxygens (including phenoxy) is 1. The molecule has 12 heteroatoms. The Kier molecular flexibility index (Phi) is 7.94. The summed E-state index contributed by atoms with van der Waals surface area (Å²) in [5, 5.41) is 10.0. The molecule has 6 nitrogen and oxygen atoms in total. The number of nitrogens with zero attached hydrogens (tertiary/aromatic N) is 2. The second-order valence-corrected chi connectivity index (χ2v) is 10.9. The van der Waals surface area contributed by atoms with Gasteiger partial charge < -0.3 is 4.74 Å². The summed E-state index contributed by atoms with van der Waals surface area (Å²) >= 11 is 7.09. The highest BCUT2D eigenvalue weighted by molar-refractivity contribution is 7.99. The third kappa shape index (κ3) is 6.34. The molecule has 0 saturated heterocycles. The molecule has 0 aliphatic carbocycles. The first kappa shape index (κ1) is 26.8. The number of nitriles is 1. The number of para-hydroxylation sites is 1. The summed E-state index contributed by atoms with van der Waals surface area (Å²) in [7, 11) is -3.88. The molecule has 4 rings (SSSR count). The first-order valence-corrected chi connectivity index (χ1v) is 13.5. The van der Waals surface area contributed by atoms with Crippen molar-refractivity contribution in [3.05, 3.63) is 89.1 Å². The molecule has 0 unspecified atom stereocenters. The van der Waals surface area contributed by atoms with Gasteiger partial charge in [0, 0.05) is 22.6 Å². The molecule has 0 radical (unpaired) electrons. The number of rotatable bonds is 8. The summed E-state index contributed by atoms with van der Waals surface area (Å²) in [5.41, 5.74) is -0.636. The minimum atomic E-state index is -4.60. The smallest absolute Gasteiger partial charge is 0.433 e. The third-order valence-corrected chi connectivity index (χ3v) is 7.92. The highest BCUT2D eigenvalue weighted by atomic mass is 35.5. The lowest BCUT2D eigenvalue weighted by molar-refractivity contribution is -0.141. The Bertz CT molecular complexity index is 1590. The largest absolute Gasteiger partial charge is 0.456 e. The van der Waals surface area contributed by atoms with Crippen LogP contribution < -0.4 is 9.46 Å². The highest BCUT2D eigenvalue weighted by Gasteiger charge is 2.33. The molecule has 4 aromatic rings. The lowest BCUT2D eigenvalue weighted by Gasteiger charge is -2.12. The summed E-state index contributed by atoms with van der Waals surface area (Å²) in [6.45, 7) is -0.0166. The monoisotopic (exact) mass is 563 g/mol. The van der Waals surface area contributed by atoms with Crippen LogP contribution in [0.25, 0.3) is 10.9 Å². The van der Waals surface area contributed by atoms with Gasteiger partial charge in [0.2, 0.25) is 10.0 Å². The van der Waals surface area contributed by atoms with Crippen molar-refractivity contribution in [1.82, 2.24) is 9.71 Å². The maximum absolute atomic E-state index is 13.2. The highest BCUT2D eigenvalue weighted by Crippen LogP contribution is 2.35. The number of hydrogen-bond donors (Lipinski definition) is 1. The average Bonchev–Trinajstić information content (AvgIpc) is 2.86. The van der Waals surface area contributed by atoms with E-state index in [0.29, 0.717) is 16.0 Å². The van der Waals surface area contributed by atoms with Crippen LogP contribution in [0.4, 0.5) is 13.2 Å². The molecule has 1 N–H and O–H groups in total. The molecule has 3 aromatic carbocycles. The van der Waals surface area contributed by atoms with Gasteiger partial charge in [-0.3, -0.25) is 0 Å². The third-order valence-electron chi connectivity index (χ3n) is 5.07. The van der Waals surface area contributed by atoms with Gasteiger partial charge in [0.15, 0.2) is 0 Å². The van der Waals surface area contributed by atoms with Crippen molar-refractivity contribution in [2.75, 3.05) is 12.3 Å². The molecule has 1 aromatic heterocycles. The number of thioether (sulfide) groups is 1. The van der Waals surface area contributed by atoms with E-state index in [-0.39, 0.29) is 39.0 Å². The Labute approximate surface area is 220 Å². The normalized spacial score (nSPS) is 11.9. The number of aromatic nitrogens is 1. The summed E-state index contributed by atoms with van der Waals surface area (Å²) < 4.78 is 73.2. The molecule has 37 heavy (non-hydrogen) atoms. The molecule has 0 amide bonds. The van der Waals surface area contributed by atoms with Gasteiger partial charge in [-0.1, -0.05) is 35.9 Å². The number of alkyl halides is 3. The number of sulfonamides is 1. The van der Waals surface area contributed by atoms with Crippen LogP contribution in [0.2, 0.25) is 5.02 Å². The van der Waals surface area contributed by atoms with E-state index in [0.717, 1.165) is 17.8 Å². The number of pyridine rings is 1. The molecule has 0 aliphatic rings. The van der Waals surface area contributed by atoms with Gasteiger partial charge in [-0.05, 0) is 48.5 Å². The van der Waals surface area contributed by atoms with Crippen molar-refractivity contribution in [2.24, 2.45) is 0 Å². The van der Waals surface area contributed by atoms with Crippen LogP contribution >= 0.6 is 23.4 Å². The van der Waals surface area contributed by atoms with E-state index in [4.69, 9.17) is 16.3 Å². The number of nitrogens with one attached hydrogen (secondary N) is 1. The van der Waals surface area contributed by atoms with Crippen LogP contribution in [0.3, 0.4) is 0 Å². The van der Waals surface area contributed by atoms with Crippen LogP contribution in [-0.2, 0) is 16.2 Å². The van der Waals surface area contributed by atoms with Crippen molar-refractivity contribution < 1.29 is 26.3 Å². The summed E-state index contributed by atoms with van der Waals surface area (Å²) in [6, 6.07) is 19.7. The fourth-order valence-corrected chi connectivity index (χ4v) is 5.66. The number of hydrogen-bond acceptors (Lipinski definition) is 6. The Hall–Kier alpha value is -3.30. The summed E-state index contributed by atoms with van der Waals surface area (Å²) in [4.78, 5) is 4.01. The Morgan fingerprint density at radius 1 is 1.05 bits per heavy atom. The summed E-state index contributed by atoms with van der Waals surface area (Å²) in [6.07, 6.45) is -4.60. The average molecular weight is 564 g/mol. The lowest BCUT2D eigenvalue weighted by Crippen LogP contribution is -2.26. The van der Waals surface area contributed by atoms with E-state index in [1.54, 1.807) is 36.4 Å². The van der Waals surface area contributed by atoms with E-state index < -0.39 is 21.9 Å². The SMILES string of the molecule is N#Cc1c(Cl)cccc1Oc1ccc(S(=O)(=O)NCCSc2cc(C(F)(F)F)nc3ccccc23)cc1.